The number of hydrogen-bond donors (Lipinski definition) is 2. The third-order valence-electron chi connectivity index (χ3n) is 3.33. The van der Waals surface area contributed by atoms with Gasteiger partial charge in [-0.3, -0.25) is 0 Å². The second-order valence-corrected chi connectivity index (χ2v) is 4.76. The molecule has 0 aromatic heterocycles. The van der Waals surface area contributed by atoms with Crippen LogP contribution in [0.4, 0.5) is 5.69 Å². The molecule has 0 bridgehead atoms. The molecule has 0 fully saturated rings. The van der Waals surface area contributed by atoms with E-state index in [0.717, 1.165) is 5.56 Å². The summed E-state index contributed by atoms with van der Waals surface area (Å²) in [5, 5.41) is 12.5. The van der Waals surface area contributed by atoms with Gasteiger partial charge in [0.2, 0.25) is 0 Å². The minimum Gasteiger partial charge on any atom is -0.494 e. The first-order valence-corrected chi connectivity index (χ1v) is 6.90. The molecule has 5 heteroatoms. The number of hydrogen-bond acceptors (Lipinski definition) is 4. The summed E-state index contributed by atoms with van der Waals surface area (Å²) in [7, 11) is 3.07. The van der Waals surface area contributed by atoms with Gasteiger partial charge in [0.25, 0.3) is 0 Å². The summed E-state index contributed by atoms with van der Waals surface area (Å²) in [4.78, 5) is 11.6. The molecule has 0 saturated heterocycles. The van der Waals surface area contributed by atoms with Crippen molar-refractivity contribution in [2.45, 2.75) is 12.5 Å². The van der Waals surface area contributed by atoms with Crippen LogP contribution in [0.2, 0.25) is 0 Å². The van der Waals surface area contributed by atoms with Crippen LogP contribution in [0.3, 0.4) is 0 Å². The lowest BCUT2D eigenvalue weighted by molar-refractivity contribution is -0.137. The van der Waals surface area contributed by atoms with E-state index in [2.05, 4.69) is 5.32 Å². The Bertz CT molecular complexity index is 606. The first kappa shape index (κ1) is 15.7. The highest BCUT2D eigenvalue weighted by Crippen LogP contribution is 2.34. The second-order valence-electron chi connectivity index (χ2n) is 4.76. The number of carboxylic acids is 1. The molecule has 0 aliphatic carbocycles. The maximum atomic E-state index is 11.6. The summed E-state index contributed by atoms with van der Waals surface area (Å²) in [5.41, 5.74) is 1.48. The number of para-hydroxylation sites is 1. The average molecular weight is 301 g/mol. The van der Waals surface area contributed by atoms with E-state index in [1.165, 1.54) is 14.2 Å². The zero-order valence-corrected chi connectivity index (χ0v) is 12.6. The minimum absolute atomic E-state index is 0.359. The van der Waals surface area contributed by atoms with Gasteiger partial charge in [0.15, 0.2) is 0 Å². The Kier molecular flexibility index (Phi) is 5.25. The summed E-state index contributed by atoms with van der Waals surface area (Å²) in [5.74, 6) is 0.147. The molecule has 0 spiro atoms. The zero-order chi connectivity index (χ0) is 15.9. The molecule has 0 saturated carbocycles. The lowest BCUT2D eigenvalue weighted by atomic mass is 10.1. The van der Waals surface area contributed by atoms with Crippen molar-refractivity contribution in [3.8, 4) is 11.5 Å². The topological polar surface area (TPSA) is 67.8 Å². The molecule has 0 radical (unpaired) electrons. The third kappa shape index (κ3) is 3.69. The Morgan fingerprint density at radius 3 is 2.14 bits per heavy atom. The molecule has 2 aromatic carbocycles. The van der Waals surface area contributed by atoms with Gasteiger partial charge in [0.05, 0.1) is 14.2 Å². The van der Waals surface area contributed by atoms with E-state index < -0.39 is 12.0 Å². The van der Waals surface area contributed by atoms with Crippen molar-refractivity contribution in [1.29, 1.82) is 0 Å². The molecule has 2 aromatic rings. The van der Waals surface area contributed by atoms with E-state index >= 15 is 0 Å². The van der Waals surface area contributed by atoms with E-state index in [1.807, 2.05) is 30.3 Å². The first-order chi connectivity index (χ1) is 10.7. The maximum Gasteiger partial charge on any atom is 0.326 e. The molecule has 1 atom stereocenters. The average Bonchev–Trinajstić information content (AvgIpc) is 2.55. The van der Waals surface area contributed by atoms with Crippen LogP contribution in [0.25, 0.3) is 0 Å². The molecule has 2 N–H and O–H groups in total. The number of benzene rings is 2. The highest BCUT2D eigenvalue weighted by atomic mass is 16.5. The lowest BCUT2D eigenvalue weighted by Gasteiger charge is -2.20. The SMILES string of the molecule is COc1cccc(OC)c1NC(Cc1ccccc1)C(=O)O. The van der Waals surface area contributed by atoms with E-state index in [4.69, 9.17) is 9.47 Å². The number of carboxylic acid groups (broad SMARTS) is 1. The fourth-order valence-corrected chi connectivity index (χ4v) is 2.22. The van der Waals surface area contributed by atoms with Crippen molar-refractivity contribution < 1.29 is 19.4 Å². The Morgan fingerprint density at radius 1 is 1.05 bits per heavy atom. The zero-order valence-electron chi connectivity index (χ0n) is 12.6. The number of anilines is 1. The van der Waals surface area contributed by atoms with Crippen LogP contribution in [0, 0.1) is 0 Å². The van der Waals surface area contributed by atoms with Gasteiger partial charge in [-0.15, -0.1) is 0 Å². The number of carbonyl (C=O) groups is 1. The summed E-state index contributed by atoms with van der Waals surface area (Å²) >= 11 is 0. The smallest absolute Gasteiger partial charge is 0.326 e. The molecule has 0 aliphatic rings. The third-order valence-corrected chi connectivity index (χ3v) is 3.33. The van der Waals surface area contributed by atoms with Gasteiger partial charge in [-0.2, -0.15) is 0 Å². The van der Waals surface area contributed by atoms with Gasteiger partial charge in [0, 0.05) is 6.42 Å². The molecule has 0 aliphatic heterocycles. The van der Waals surface area contributed by atoms with E-state index in [-0.39, 0.29) is 0 Å². The standard InChI is InChI=1S/C17H19NO4/c1-21-14-9-6-10-15(22-2)16(14)18-13(17(19)20)11-12-7-4-3-5-8-12/h3-10,13,18H,11H2,1-2H3,(H,19,20). The van der Waals surface area contributed by atoms with Gasteiger partial charge in [-0.1, -0.05) is 36.4 Å². The highest BCUT2D eigenvalue weighted by Gasteiger charge is 2.21. The number of aliphatic carboxylic acids is 1. The van der Waals surface area contributed by atoms with Gasteiger partial charge < -0.3 is 19.9 Å². The molecule has 0 heterocycles. The molecular formula is C17H19NO4. The highest BCUT2D eigenvalue weighted by molar-refractivity contribution is 5.80. The normalized spacial score (nSPS) is 11.5. The number of ether oxygens (including phenoxy) is 2. The monoisotopic (exact) mass is 301 g/mol. The Morgan fingerprint density at radius 2 is 1.64 bits per heavy atom. The maximum absolute atomic E-state index is 11.6. The molecule has 22 heavy (non-hydrogen) atoms. The molecule has 5 nitrogen and oxygen atoms in total. The van der Waals surface area contributed by atoms with E-state index in [0.29, 0.717) is 23.6 Å². The van der Waals surface area contributed by atoms with Crippen molar-refractivity contribution >= 4 is 11.7 Å². The predicted molar refractivity (Wildman–Crippen MR) is 84.7 cm³/mol. The predicted octanol–water partition coefficient (Wildman–Crippen LogP) is 2.81. The molecular weight excluding hydrogens is 282 g/mol. The summed E-state index contributed by atoms with van der Waals surface area (Å²) in [6.45, 7) is 0. The largest absolute Gasteiger partial charge is 0.494 e. The second kappa shape index (κ2) is 7.36. The molecule has 1 unspecified atom stereocenters. The lowest BCUT2D eigenvalue weighted by Crippen LogP contribution is -2.31. The van der Waals surface area contributed by atoms with E-state index in [9.17, 15) is 9.90 Å². The van der Waals surface area contributed by atoms with Crippen LogP contribution >= 0.6 is 0 Å². The van der Waals surface area contributed by atoms with Crippen LogP contribution in [0.5, 0.6) is 11.5 Å². The molecule has 116 valence electrons. The van der Waals surface area contributed by atoms with Crippen molar-refractivity contribution in [3.05, 3.63) is 54.1 Å². The molecule has 0 amide bonds. The fourth-order valence-electron chi connectivity index (χ4n) is 2.22. The quantitative estimate of drug-likeness (QED) is 0.823. The summed E-state index contributed by atoms with van der Waals surface area (Å²) < 4.78 is 10.6. The van der Waals surface area contributed by atoms with Crippen molar-refractivity contribution in [2.75, 3.05) is 19.5 Å². The van der Waals surface area contributed by atoms with Crippen molar-refractivity contribution in [1.82, 2.24) is 0 Å². The summed E-state index contributed by atoms with van der Waals surface area (Å²) in [6, 6.07) is 14.0. The van der Waals surface area contributed by atoms with Crippen LogP contribution in [-0.2, 0) is 11.2 Å². The van der Waals surface area contributed by atoms with Crippen LogP contribution in [0.15, 0.2) is 48.5 Å². The summed E-state index contributed by atoms with van der Waals surface area (Å²) in [6.07, 6.45) is 0.359. The number of methoxy groups -OCH3 is 2. The fraction of sp³-hybridized carbons (Fsp3) is 0.235. The van der Waals surface area contributed by atoms with Gasteiger partial charge in [0.1, 0.15) is 23.2 Å². The Hall–Kier alpha value is -2.69. The van der Waals surface area contributed by atoms with Crippen LogP contribution < -0.4 is 14.8 Å². The Balaban J connectivity index is 2.27. The van der Waals surface area contributed by atoms with E-state index in [1.54, 1.807) is 18.2 Å². The first-order valence-electron chi connectivity index (χ1n) is 6.90. The van der Waals surface area contributed by atoms with Gasteiger partial charge in [-0.25, -0.2) is 4.79 Å². The van der Waals surface area contributed by atoms with Crippen molar-refractivity contribution in [3.63, 3.8) is 0 Å². The molecule has 2 rings (SSSR count). The van der Waals surface area contributed by atoms with Crippen LogP contribution in [0.1, 0.15) is 5.56 Å². The van der Waals surface area contributed by atoms with Gasteiger partial charge in [-0.05, 0) is 17.7 Å². The van der Waals surface area contributed by atoms with Crippen LogP contribution in [-0.4, -0.2) is 31.3 Å². The minimum atomic E-state index is -0.934. The number of rotatable bonds is 7. The van der Waals surface area contributed by atoms with Crippen molar-refractivity contribution in [2.24, 2.45) is 0 Å². The number of nitrogens with one attached hydrogen (secondary N) is 1. The Labute approximate surface area is 129 Å². The van der Waals surface area contributed by atoms with Gasteiger partial charge >= 0.3 is 5.97 Å².